The molecule has 9 heteroatoms. The molecule has 0 aliphatic carbocycles. The van der Waals surface area contributed by atoms with Gasteiger partial charge in [0, 0.05) is 28.5 Å². The van der Waals surface area contributed by atoms with Gasteiger partial charge in [-0.3, -0.25) is 5.32 Å². The van der Waals surface area contributed by atoms with Crippen molar-refractivity contribution in [1.29, 1.82) is 0 Å². The predicted octanol–water partition coefficient (Wildman–Crippen LogP) is 5.80. The number of thiocarbonyl (C=S) groups is 1. The summed E-state index contributed by atoms with van der Waals surface area (Å²) in [6.45, 7) is 4.26. The molecule has 8 nitrogen and oxygen atoms in total. The van der Waals surface area contributed by atoms with E-state index in [4.69, 9.17) is 17.0 Å². The molecule has 1 aromatic heterocycles. The summed E-state index contributed by atoms with van der Waals surface area (Å²) in [5.41, 5.74) is 5.57. The van der Waals surface area contributed by atoms with Gasteiger partial charge in [0.1, 0.15) is 5.75 Å². The summed E-state index contributed by atoms with van der Waals surface area (Å²) >= 11 is 5.57. The van der Waals surface area contributed by atoms with E-state index >= 15 is 0 Å². The maximum absolute atomic E-state index is 5.57. The highest BCUT2D eigenvalue weighted by atomic mass is 32.1. The number of nitrogens with one attached hydrogen (secondary N) is 4. The van der Waals surface area contributed by atoms with Crippen LogP contribution in [0.3, 0.4) is 0 Å². The molecule has 0 bridgehead atoms. The standard InChI is InChI=1S/C28H29N7OS/c1-19-17-20(2)31-27(30-19)34-26(29-18-21-9-15-25(36-3)16-10-21)35-28(37)33-24-13-11-23(12-14-24)32-22-7-5-4-6-8-22/h4-17,32H,18H2,1-3H3,(H3,29,30,31,33,34,35,37). The second kappa shape index (κ2) is 12.5. The number of hydrogen-bond acceptors (Lipinski definition) is 6. The molecule has 0 saturated heterocycles. The molecule has 4 N–H and O–H groups in total. The van der Waals surface area contributed by atoms with E-state index in [2.05, 4.69) is 36.2 Å². The largest absolute Gasteiger partial charge is 0.497 e. The quantitative estimate of drug-likeness (QED) is 0.140. The normalized spacial score (nSPS) is 10.9. The summed E-state index contributed by atoms with van der Waals surface area (Å²) in [5, 5.41) is 13.2. The lowest BCUT2D eigenvalue weighted by molar-refractivity contribution is 0.414. The van der Waals surface area contributed by atoms with Crippen LogP contribution in [0.4, 0.5) is 23.0 Å². The highest BCUT2D eigenvalue weighted by Crippen LogP contribution is 2.18. The number of aromatic nitrogens is 2. The summed E-state index contributed by atoms with van der Waals surface area (Å²) in [4.78, 5) is 13.6. The fourth-order valence-corrected chi connectivity index (χ4v) is 3.71. The minimum atomic E-state index is 0.383. The number of para-hydroxylation sites is 1. The minimum absolute atomic E-state index is 0.383. The molecule has 0 amide bonds. The minimum Gasteiger partial charge on any atom is -0.497 e. The maximum atomic E-state index is 5.57. The third-order valence-corrected chi connectivity index (χ3v) is 5.43. The van der Waals surface area contributed by atoms with Crippen LogP contribution >= 0.6 is 12.2 Å². The van der Waals surface area contributed by atoms with Gasteiger partial charge in [0.05, 0.1) is 13.7 Å². The molecular weight excluding hydrogens is 482 g/mol. The number of anilines is 4. The van der Waals surface area contributed by atoms with Crippen LogP contribution in [0, 0.1) is 13.8 Å². The van der Waals surface area contributed by atoms with E-state index in [0.717, 1.165) is 39.8 Å². The number of aliphatic imine (C=N–C) groups is 1. The number of guanidine groups is 1. The van der Waals surface area contributed by atoms with Gasteiger partial charge in [-0.2, -0.15) is 0 Å². The van der Waals surface area contributed by atoms with Crippen LogP contribution < -0.4 is 26.0 Å². The average Bonchev–Trinajstić information content (AvgIpc) is 2.89. The lowest BCUT2D eigenvalue weighted by Crippen LogP contribution is -2.39. The molecule has 0 fully saturated rings. The first-order valence-corrected chi connectivity index (χ1v) is 12.1. The number of rotatable bonds is 7. The van der Waals surface area contributed by atoms with Crippen molar-refractivity contribution in [1.82, 2.24) is 15.3 Å². The van der Waals surface area contributed by atoms with E-state index < -0.39 is 0 Å². The Morgan fingerprint density at radius 1 is 0.811 bits per heavy atom. The lowest BCUT2D eigenvalue weighted by Gasteiger charge is -2.15. The Morgan fingerprint density at radius 3 is 2.08 bits per heavy atom. The topological polar surface area (TPSA) is 95.5 Å². The highest BCUT2D eigenvalue weighted by molar-refractivity contribution is 7.80. The number of methoxy groups -OCH3 is 1. The van der Waals surface area contributed by atoms with E-state index in [-0.39, 0.29) is 0 Å². The zero-order valence-electron chi connectivity index (χ0n) is 20.9. The Morgan fingerprint density at radius 2 is 1.43 bits per heavy atom. The fourth-order valence-electron chi connectivity index (χ4n) is 3.49. The first-order valence-electron chi connectivity index (χ1n) is 11.7. The summed E-state index contributed by atoms with van der Waals surface area (Å²) in [6.07, 6.45) is 0. The SMILES string of the molecule is COc1ccc(CN=C(NC(=S)Nc2ccc(Nc3ccccc3)cc2)Nc2nc(C)cc(C)n2)cc1. The fraction of sp³-hybridized carbons (Fsp3) is 0.143. The molecule has 0 radical (unpaired) electrons. The van der Waals surface area contributed by atoms with Gasteiger partial charge in [-0.1, -0.05) is 30.3 Å². The molecule has 0 aliphatic rings. The third kappa shape index (κ3) is 8.01. The summed E-state index contributed by atoms with van der Waals surface area (Å²) in [6, 6.07) is 27.5. The molecule has 188 valence electrons. The van der Waals surface area contributed by atoms with Gasteiger partial charge in [-0.05, 0) is 86.2 Å². The average molecular weight is 512 g/mol. The van der Waals surface area contributed by atoms with E-state index in [0.29, 0.717) is 23.6 Å². The van der Waals surface area contributed by atoms with Crippen LogP contribution in [-0.4, -0.2) is 28.1 Å². The number of nitrogens with zero attached hydrogens (tertiary/aromatic N) is 3. The van der Waals surface area contributed by atoms with Gasteiger partial charge >= 0.3 is 0 Å². The molecule has 0 unspecified atom stereocenters. The maximum Gasteiger partial charge on any atom is 0.229 e. The Bertz CT molecular complexity index is 1340. The number of benzene rings is 3. The van der Waals surface area contributed by atoms with E-state index in [1.807, 2.05) is 98.8 Å². The molecule has 1 heterocycles. The third-order valence-electron chi connectivity index (χ3n) is 5.23. The Labute approximate surface area is 222 Å². The Kier molecular flexibility index (Phi) is 8.62. The number of aryl methyl sites for hydroxylation is 2. The van der Waals surface area contributed by atoms with Gasteiger partial charge in [0.15, 0.2) is 5.11 Å². The Hall–Kier alpha value is -4.50. The van der Waals surface area contributed by atoms with Crippen LogP contribution in [0.2, 0.25) is 0 Å². The van der Waals surface area contributed by atoms with Crippen molar-refractivity contribution in [2.24, 2.45) is 4.99 Å². The zero-order chi connectivity index (χ0) is 26.0. The molecule has 0 saturated carbocycles. The van der Waals surface area contributed by atoms with E-state index in [1.54, 1.807) is 7.11 Å². The van der Waals surface area contributed by atoms with Crippen molar-refractivity contribution < 1.29 is 4.74 Å². The predicted molar refractivity (Wildman–Crippen MR) is 155 cm³/mol. The summed E-state index contributed by atoms with van der Waals surface area (Å²) in [5.74, 6) is 1.67. The van der Waals surface area contributed by atoms with Crippen molar-refractivity contribution in [3.05, 3.63) is 102 Å². The van der Waals surface area contributed by atoms with Crippen LogP contribution in [0.15, 0.2) is 89.9 Å². The lowest BCUT2D eigenvalue weighted by atomic mass is 10.2. The van der Waals surface area contributed by atoms with Crippen LogP contribution in [0.5, 0.6) is 5.75 Å². The first-order chi connectivity index (χ1) is 18.0. The first kappa shape index (κ1) is 25.6. The van der Waals surface area contributed by atoms with Gasteiger partial charge in [-0.25, -0.2) is 15.0 Å². The number of hydrogen-bond donors (Lipinski definition) is 4. The van der Waals surface area contributed by atoms with Crippen LogP contribution in [0.1, 0.15) is 17.0 Å². The molecule has 4 rings (SSSR count). The van der Waals surface area contributed by atoms with Gasteiger partial charge in [0.25, 0.3) is 0 Å². The van der Waals surface area contributed by atoms with Crippen molar-refractivity contribution in [2.75, 3.05) is 23.1 Å². The summed E-state index contributed by atoms with van der Waals surface area (Å²) in [7, 11) is 1.64. The monoisotopic (exact) mass is 511 g/mol. The van der Waals surface area contributed by atoms with Gasteiger partial charge in [0.2, 0.25) is 11.9 Å². The van der Waals surface area contributed by atoms with E-state index in [9.17, 15) is 0 Å². The second-order valence-corrected chi connectivity index (χ2v) is 8.67. The van der Waals surface area contributed by atoms with Crippen LogP contribution in [-0.2, 0) is 6.54 Å². The molecule has 37 heavy (non-hydrogen) atoms. The second-order valence-electron chi connectivity index (χ2n) is 8.26. The molecular formula is C28H29N7OS. The molecule has 3 aromatic carbocycles. The van der Waals surface area contributed by atoms with Gasteiger partial charge < -0.3 is 20.7 Å². The smallest absolute Gasteiger partial charge is 0.229 e. The van der Waals surface area contributed by atoms with Gasteiger partial charge in [-0.15, -0.1) is 0 Å². The van der Waals surface area contributed by atoms with Crippen molar-refractivity contribution in [3.63, 3.8) is 0 Å². The van der Waals surface area contributed by atoms with Crippen molar-refractivity contribution in [3.8, 4) is 5.75 Å². The van der Waals surface area contributed by atoms with Crippen LogP contribution in [0.25, 0.3) is 0 Å². The molecule has 0 aliphatic heterocycles. The number of ether oxygens (including phenoxy) is 1. The van der Waals surface area contributed by atoms with Crippen molar-refractivity contribution in [2.45, 2.75) is 20.4 Å². The van der Waals surface area contributed by atoms with E-state index in [1.165, 1.54) is 0 Å². The Balaban J connectivity index is 1.44. The van der Waals surface area contributed by atoms with Crippen molar-refractivity contribution >= 4 is 46.3 Å². The highest BCUT2D eigenvalue weighted by Gasteiger charge is 2.08. The zero-order valence-corrected chi connectivity index (χ0v) is 21.8. The molecule has 0 atom stereocenters. The molecule has 4 aromatic rings. The summed E-state index contributed by atoms with van der Waals surface area (Å²) < 4.78 is 5.24. The molecule has 0 spiro atoms.